The van der Waals surface area contributed by atoms with Gasteiger partial charge in [-0.3, -0.25) is 5.43 Å². The van der Waals surface area contributed by atoms with Crippen LogP contribution in [0, 0.1) is 0 Å². The molecule has 2 rings (SSSR count). The van der Waals surface area contributed by atoms with E-state index in [1.165, 1.54) is 25.7 Å². The van der Waals surface area contributed by atoms with Crippen molar-refractivity contribution in [2.45, 2.75) is 57.4 Å². The zero-order valence-corrected chi connectivity index (χ0v) is 9.72. The summed E-state index contributed by atoms with van der Waals surface area (Å²) in [4.78, 5) is 11.6. The lowest BCUT2D eigenvalue weighted by Gasteiger charge is -2.23. The van der Waals surface area contributed by atoms with Gasteiger partial charge in [-0.2, -0.15) is 0 Å². The van der Waals surface area contributed by atoms with E-state index in [9.17, 15) is 4.79 Å². The topological polar surface area (TPSA) is 53.2 Å². The van der Waals surface area contributed by atoms with Crippen LogP contribution in [0.3, 0.4) is 0 Å². The predicted molar refractivity (Wildman–Crippen MR) is 63.6 cm³/mol. The van der Waals surface area contributed by atoms with Gasteiger partial charge in [-0.05, 0) is 32.1 Å². The Bertz CT molecular complexity index is 269. The highest BCUT2D eigenvalue weighted by atomic mass is 16.2. The largest absolute Gasteiger partial charge is 0.334 e. The van der Waals surface area contributed by atoms with E-state index < -0.39 is 0 Å². The minimum atomic E-state index is -0.0975. The third-order valence-electron chi connectivity index (χ3n) is 3.32. The Labute approximate surface area is 96.8 Å². The smallest absolute Gasteiger partial charge is 0.333 e. The fourth-order valence-corrected chi connectivity index (χ4v) is 2.39. The molecule has 0 spiro atoms. The highest BCUT2D eigenvalue weighted by Crippen LogP contribution is 2.17. The van der Waals surface area contributed by atoms with Crippen molar-refractivity contribution >= 4 is 6.03 Å². The first-order chi connectivity index (χ1) is 7.84. The maximum absolute atomic E-state index is 11.6. The maximum atomic E-state index is 11.6. The van der Waals surface area contributed by atoms with E-state index in [-0.39, 0.29) is 6.03 Å². The van der Waals surface area contributed by atoms with E-state index in [2.05, 4.69) is 22.2 Å². The van der Waals surface area contributed by atoms with Gasteiger partial charge in [-0.1, -0.05) is 25.3 Å². The van der Waals surface area contributed by atoms with Crippen LogP contribution in [-0.2, 0) is 0 Å². The van der Waals surface area contributed by atoms with E-state index in [0.717, 1.165) is 31.4 Å². The Morgan fingerprint density at radius 2 is 2.00 bits per heavy atom. The average Bonchev–Trinajstić information content (AvgIpc) is 2.81. The SMILES string of the molecule is O=C(NNC1=CCCC1)NC1CCCCC1. The number of hydrogen-bond donors (Lipinski definition) is 3. The molecule has 0 heterocycles. The third kappa shape index (κ3) is 3.43. The highest BCUT2D eigenvalue weighted by Gasteiger charge is 2.15. The molecule has 4 nitrogen and oxygen atoms in total. The van der Waals surface area contributed by atoms with E-state index in [1.807, 2.05) is 0 Å². The molecular weight excluding hydrogens is 202 g/mol. The van der Waals surface area contributed by atoms with Gasteiger partial charge < -0.3 is 10.7 Å². The Hall–Kier alpha value is -1.19. The van der Waals surface area contributed by atoms with Crippen LogP contribution in [-0.4, -0.2) is 12.1 Å². The number of urea groups is 1. The molecule has 2 aliphatic rings. The van der Waals surface area contributed by atoms with E-state index in [1.54, 1.807) is 0 Å². The molecule has 2 aliphatic carbocycles. The predicted octanol–water partition coefficient (Wildman–Crippen LogP) is 2.19. The van der Waals surface area contributed by atoms with Crippen molar-refractivity contribution in [1.29, 1.82) is 0 Å². The van der Waals surface area contributed by atoms with Crippen molar-refractivity contribution in [3.05, 3.63) is 11.8 Å². The number of hydrogen-bond acceptors (Lipinski definition) is 2. The quantitative estimate of drug-likeness (QED) is 0.642. The molecule has 16 heavy (non-hydrogen) atoms. The lowest BCUT2D eigenvalue weighted by molar-refractivity contribution is 0.229. The standard InChI is InChI=1S/C12H21N3O/c16-12(13-10-6-2-1-3-7-10)15-14-11-8-4-5-9-11/h8,10,14H,1-7,9H2,(H2,13,15,16). The number of carbonyl (C=O) groups excluding carboxylic acids is 1. The van der Waals surface area contributed by atoms with Crippen LogP contribution in [0.1, 0.15) is 51.4 Å². The number of hydrazine groups is 1. The van der Waals surface area contributed by atoms with Gasteiger partial charge in [0.2, 0.25) is 0 Å². The monoisotopic (exact) mass is 223 g/mol. The fraction of sp³-hybridized carbons (Fsp3) is 0.750. The van der Waals surface area contributed by atoms with Crippen LogP contribution < -0.4 is 16.2 Å². The number of rotatable bonds is 3. The third-order valence-corrected chi connectivity index (χ3v) is 3.32. The van der Waals surface area contributed by atoms with Gasteiger partial charge in [-0.25, -0.2) is 4.79 Å². The molecule has 0 aromatic rings. The molecule has 4 heteroatoms. The minimum Gasteiger partial charge on any atom is -0.334 e. The Balaban J connectivity index is 1.63. The second-order valence-corrected chi connectivity index (χ2v) is 4.68. The summed E-state index contributed by atoms with van der Waals surface area (Å²) in [5.74, 6) is 0. The Morgan fingerprint density at radius 3 is 2.69 bits per heavy atom. The molecule has 1 saturated carbocycles. The molecule has 0 saturated heterocycles. The Kier molecular flexibility index (Phi) is 4.08. The highest BCUT2D eigenvalue weighted by molar-refractivity contribution is 5.73. The van der Waals surface area contributed by atoms with Crippen LogP contribution in [0.5, 0.6) is 0 Å². The number of amides is 2. The summed E-state index contributed by atoms with van der Waals surface area (Å²) in [7, 11) is 0. The minimum absolute atomic E-state index is 0.0975. The van der Waals surface area contributed by atoms with Gasteiger partial charge >= 0.3 is 6.03 Å². The summed E-state index contributed by atoms with van der Waals surface area (Å²) in [5.41, 5.74) is 6.81. The lowest BCUT2D eigenvalue weighted by atomic mass is 9.96. The van der Waals surface area contributed by atoms with Crippen LogP contribution in [0.25, 0.3) is 0 Å². The summed E-state index contributed by atoms with van der Waals surface area (Å²) in [5, 5.41) is 3.00. The summed E-state index contributed by atoms with van der Waals surface area (Å²) in [6.07, 6.45) is 11.5. The zero-order valence-electron chi connectivity index (χ0n) is 9.72. The van der Waals surface area contributed by atoms with E-state index in [0.29, 0.717) is 6.04 Å². The van der Waals surface area contributed by atoms with E-state index in [4.69, 9.17) is 0 Å². The van der Waals surface area contributed by atoms with Crippen LogP contribution >= 0.6 is 0 Å². The lowest BCUT2D eigenvalue weighted by Crippen LogP contribution is -2.47. The van der Waals surface area contributed by atoms with Crippen LogP contribution in [0.4, 0.5) is 4.79 Å². The van der Waals surface area contributed by atoms with Gasteiger partial charge in [0.25, 0.3) is 0 Å². The molecule has 0 aromatic carbocycles. The Morgan fingerprint density at radius 1 is 1.19 bits per heavy atom. The molecule has 0 radical (unpaired) electrons. The first-order valence-corrected chi connectivity index (χ1v) is 6.36. The molecular formula is C12H21N3O. The molecule has 0 aliphatic heterocycles. The van der Waals surface area contributed by atoms with Crippen molar-refractivity contribution in [3.8, 4) is 0 Å². The molecule has 2 amide bonds. The van der Waals surface area contributed by atoms with Gasteiger partial charge in [0.1, 0.15) is 0 Å². The van der Waals surface area contributed by atoms with Crippen molar-refractivity contribution < 1.29 is 4.79 Å². The summed E-state index contributed by atoms with van der Waals surface area (Å²) in [6, 6.07) is 0.271. The summed E-state index contributed by atoms with van der Waals surface area (Å²) in [6.45, 7) is 0. The number of carbonyl (C=O) groups is 1. The fourth-order valence-electron chi connectivity index (χ4n) is 2.39. The normalized spacial score (nSPS) is 21.4. The molecule has 90 valence electrons. The van der Waals surface area contributed by atoms with Gasteiger partial charge in [-0.15, -0.1) is 0 Å². The van der Waals surface area contributed by atoms with E-state index >= 15 is 0 Å². The number of allylic oxidation sites excluding steroid dienone is 2. The summed E-state index contributed by atoms with van der Waals surface area (Å²) >= 11 is 0. The molecule has 1 fully saturated rings. The molecule has 0 bridgehead atoms. The molecule has 3 N–H and O–H groups in total. The first kappa shape index (κ1) is 11.3. The first-order valence-electron chi connectivity index (χ1n) is 6.36. The maximum Gasteiger partial charge on any atom is 0.333 e. The van der Waals surface area contributed by atoms with Crippen molar-refractivity contribution in [2.24, 2.45) is 0 Å². The van der Waals surface area contributed by atoms with Crippen molar-refractivity contribution in [3.63, 3.8) is 0 Å². The second-order valence-electron chi connectivity index (χ2n) is 4.68. The molecule has 0 unspecified atom stereocenters. The number of nitrogens with one attached hydrogen (secondary N) is 3. The molecule has 0 atom stereocenters. The zero-order chi connectivity index (χ0) is 11.2. The summed E-state index contributed by atoms with van der Waals surface area (Å²) < 4.78 is 0. The average molecular weight is 223 g/mol. The van der Waals surface area contributed by atoms with Gasteiger partial charge in [0, 0.05) is 11.7 Å². The van der Waals surface area contributed by atoms with Crippen LogP contribution in [0.2, 0.25) is 0 Å². The van der Waals surface area contributed by atoms with Crippen molar-refractivity contribution in [2.75, 3.05) is 0 Å². The van der Waals surface area contributed by atoms with Gasteiger partial charge in [0.15, 0.2) is 0 Å². The van der Waals surface area contributed by atoms with Gasteiger partial charge in [0.05, 0.1) is 0 Å². The molecule has 0 aromatic heterocycles. The second kappa shape index (κ2) is 5.77. The van der Waals surface area contributed by atoms with Crippen molar-refractivity contribution in [1.82, 2.24) is 16.2 Å². The van der Waals surface area contributed by atoms with Crippen LogP contribution in [0.15, 0.2) is 11.8 Å².